The second kappa shape index (κ2) is 16.5. The lowest BCUT2D eigenvalue weighted by Crippen LogP contribution is -2.45. The maximum Gasteiger partial charge on any atom is 0.256 e. The summed E-state index contributed by atoms with van der Waals surface area (Å²) < 4.78 is 0. The van der Waals surface area contributed by atoms with Gasteiger partial charge in [0.15, 0.2) is 12.2 Å². The van der Waals surface area contributed by atoms with Crippen molar-refractivity contribution >= 4 is 58.2 Å². The number of carbonyl (C=O) groups is 4. The molecule has 0 unspecified atom stereocenters. The molecule has 4 atom stereocenters. The van der Waals surface area contributed by atoms with Crippen molar-refractivity contribution in [2.75, 3.05) is 23.7 Å². The summed E-state index contributed by atoms with van der Waals surface area (Å²) in [7, 11) is 0. The Morgan fingerprint density at radius 3 is 1.55 bits per heavy atom. The molecule has 14 heteroatoms. The van der Waals surface area contributed by atoms with E-state index >= 15 is 0 Å². The van der Waals surface area contributed by atoms with E-state index in [1.807, 2.05) is 30.3 Å². The number of nitrogens with zero attached hydrogens (tertiary/aromatic N) is 3. The Balaban J connectivity index is 0.941. The molecule has 0 radical (unpaired) electrons. The summed E-state index contributed by atoms with van der Waals surface area (Å²) in [5.74, 6) is -1.81. The number of H-pyrrole nitrogens is 1. The van der Waals surface area contributed by atoms with E-state index in [2.05, 4.69) is 20.8 Å². The van der Waals surface area contributed by atoms with Crippen LogP contribution in [0, 0.1) is 0 Å². The van der Waals surface area contributed by atoms with Gasteiger partial charge in [-0.15, -0.1) is 0 Å². The van der Waals surface area contributed by atoms with E-state index in [1.54, 1.807) is 72.8 Å². The number of aliphatic hydroxyl groups excluding tert-OH is 2. The van der Waals surface area contributed by atoms with Crippen molar-refractivity contribution in [3.8, 4) is 22.5 Å². The Hall–Kier alpha value is -5.53. The highest BCUT2D eigenvalue weighted by Gasteiger charge is 2.39. The molecule has 55 heavy (non-hydrogen) atoms. The van der Waals surface area contributed by atoms with Gasteiger partial charge < -0.3 is 30.6 Å². The predicted molar refractivity (Wildman–Crippen MR) is 209 cm³/mol. The third kappa shape index (κ3) is 8.13. The molecule has 4 amide bonds. The molecule has 12 nitrogen and oxygen atoms in total. The smallest absolute Gasteiger partial charge is 0.256 e. The van der Waals surface area contributed by atoms with Crippen molar-refractivity contribution in [1.82, 2.24) is 20.0 Å². The fraction of sp³-hybridized carbons (Fsp3) is 0.244. The Bertz CT molecular complexity index is 2060. The number of amides is 4. The Morgan fingerprint density at radius 1 is 0.655 bits per heavy atom. The van der Waals surface area contributed by atoms with E-state index in [4.69, 9.17) is 23.2 Å². The number of aromatic amines is 1. The zero-order valence-electron chi connectivity index (χ0n) is 29.5. The first kappa shape index (κ1) is 37.8. The summed E-state index contributed by atoms with van der Waals surface area (Å²) in [4.78, 5) is 55.7. The van der Waals surface area contributed by atoms with Crippen molar-refractivity contribution in [1.29, 1.82) is 0 Å². The van der Waals surface area contributed by atoms with Gasteiger partial charge in [-0.25, -0.2) is 0 Å². The molecule has 3 heterocycles. The minimum absolute atomic E-state index is 0.281. The summed E-state index contributed by atoms with van der Waals surface area (Å²) >= 11 is 12.4. The Kier molecular flexibility index (Phi) is 11.3. The lowest BCUT2D eigenvalue weighted by molar-refractivity contribution is -0.144. The third-order valence-electron chi connectivity index (χ3n) is 10.0. The van der Waals surface area contributed by atoms with Gasteiger partial charge in [-0.3, -0.25) is 24.3 Å². The predicted octanol–water partition coefficient (Wildman–Crippen LogP) is 6.38. The molecule has 4 aromatic carbocycles. The summed E-state index contributed by atoms with van der Waals surface area (Å²) in [6.07, 6.45) is -0.704. The maximum atomic E-state index is 13.3. The number of aliphatic hydroxyl groups is 2. The second-order valence-corrected chi connectivity index (χ2v) is 14.3. The maximum absolute atomic E-state index is 13.3. The van der Waals surface area contributed by atoms with Crippen LogP contribution in [0.3, 0.4) is 0 Å². The number of hydrogen-bond donors (Lipinski definition) is 5. The van der Waals surface area contributed by atoms with Crippen LogP contribution in [0.4, 0.5) is 11.4 Å². The van der Waals surface area contributed by atoms with Gasteiger partial charge in [-0.05, 0) is 73.7 Å². The molecule has 0 saturated carbocycles. The molecule has 5 N–H and O–H groups in total. The van der Waals surface area contributed by atoms with Gasteiger partial charge in [0.25, 0.3) is 11.8 Å². The fourth-order valence-corrected chi connectivity index (χ4v) is 7.58. The van der Waals surface area contributed by atoms with Crippen LogP contribution < -0.4 is 10.6 Å². The van der Waals surface area contributed by atoms with Crippen LogP contribution >= 0.6 is 23.2 Å². The standard InChI is InChI=1S/C41H38Cl2N6O6/c42-30-9-3-1-7-28(30)36(50)40(54)48-21-5-11-34(48)38(52)44-26-17-13-24(14-18-26)32-23-33(47-46-32)25-15-19-27(20-16-25)45-39(53)35-12-6-22-49(35)41(55)37(51)29-8-2-4-10-31(29)43/h1-4,7-10,13-20,23,34-37,50-51H,5-6,11-12,21-22H2,(H,44,52)(H,45,53)(H,46,47)/t34-,35-,36+,37+/m0/s1. The van der Waals surface area contributed by atoms with Crippen LogP contribution in [-0.2, 0) is 19.2 Å². The molecular weight excluding hydrogens is 743 g/mol. The lowest BCUT2D eigenvalue weighted by atomic mass is 10.1. The normalized spacial score (nSPS) is 17.8. The van der Waals surface area contributed by atoms with Gasteiger partial charge >= 0.3 is 0 Å². The summed E-state index contributed by atoms with van der Waals surface area (Å²) in [5, 5.41) is 35.3. The molecule has 2 aliphatic rings. The average Bonchev–Trinajstić information content (AvgIpc) is 4.00. The number of nitrogens with one attached hydrogen (secondary N) is 3. The van der Waals surface area contributed by atoms with Crippen molar-refractivity contribution in [3.63, 3.8) is 0 Å². The van der Waals surface area contributed by atoms with Crippen molar-refractivity contribution in [2.45, 2.75) is 50.0 Å². The lowest BCUT2D eigenvalue weighted by Gasteiger charge is -2.26. The van der Waals surface area contributed by atoms with E-state index in [-0.39, 0.29) is 21.9 Å². The second-order valence-electron chi connectivity index (χ2n) is 13.5. The van der Waals surface area contributed by atoms with Gasteiger partial charge in [0.05, 0.1) is 11.4 Å². The monoisotopic (exact) mass is 780 g/mol. The van der Waals surface area contributed by atoms with Crippen molar-refractivity contribution in [3.05, 3.63) is 124 Å². The first-order valence-electron chi connectivity index (χ1n) is 17.9. The minimum atomic E-state index is -1.46. The molecule has 1 aromatic heterocycles. The molecule has 5 aromatic rings. The number of halogens is 2. The topological polar surface area (TPSA) is 168 Å². The highest BCUT2D eigenvalue weighted by Crippen LogP contribution is 2.31. The van der Waals surface area contributed by atoms with Crippen LogP contribution in [0.25, 0.3) is 22.5 Å². The van der Waals surface area contributed by atoms with Crippen LogP contribution in [0.1, 0.15) is 49.0 Å². The first-order valence-corrected chi connectivity index (χ1v) is 18.7. The van der Waals surface area contributed by atoms with Crippen LogP contribution in [0.5, 0.6) is 0 Å². The number of hydrogen-bond acceptors (Lipinski definition) is 7. The van der Waals surface area contributed by atoms with E-state index < -0.39 is 36.1 Å². The van der Waals surface area contributed by atoms with E-state index in [1.165, 1.54) is 9.80 Å². The molecule has 0 bridgehead atoms. The van der Waals surface area contributed by atoms with Gasteiger partial charge in [0, 0.05) is 51.2 Å². The number of likely N-dealkylation sites (tertiary alicyclic amines) is 2. The highest BCUT2D eigenvalue weighted by atomic mass is 35.5. The van der Waals surface area contributed by atoms with Crippen molar-refractivity contribution in [2.24, 2.45) is 0 Å². The summed E-state index contributed by atoms with van der Waals surface area (Å²) in [6, 6.07) is 28.0. The first-order chi connectivity index (χ1) is 26.6. The van der Waals surface area contributed by atoms with E-state index in [9.17, 15) is 29.4 Å². The number of anilines is 2. The van der Waals surface area contributed by atoms with Gasteiger partial charge in [-0.2, -0.15) is 5.10 Å². The highest BCUT2D eigenvalue weighted by molar-refractivity contribution is 6.32. The fourth-order valence-electron chi connectivity index (χ4n) is 7.11. The Labute approximate surface area is 327 Å². The molecule has 2 saturated heterocycles. The third-order valence-corrected chi connectivity index (χ3v) is 10.7. The average molecular weight is 782 g/mol. The van der Waals surface area contributed by atoms with Gasteiger partial charge in [0.1, 0.15) is 12.1 Å². The van der Waals surface area contributed by atoms with Crippen LogP contribution in [0.15, 0.2) is 103 Å². The molecule has 7 rings (SSSR count). The zero-order valence-corrected chi connectivity index (χ0v) is 31.0. The Morgan fingerprint density at radius 2 is 1.09 bits per heavy atom. The summed E-state index contributed by atoms with van der Waals surface area (Å²) in [6.45, 7) is 0.714. The van der Waals surface area contributed by atoms with E-state index in [0.717, 1.165) is 16.8 Å². The quantitative estimate of drug-likeness (QED) is 0.110. The van der Waals surface area contributed by atoms with Crippen molar-refractivity contribution < 1.29 is 29.4 Å². The van der Waals surface area contributed by atoms with Gasteiger partial charge in [0.2, 0.25) is 11.8 Å². The summed E-state index contributed by atoms with van der Waals surface area (Å²) in [5.41, 5.74) is 4.77. The SMILES string of the molecule is O=C(Nc1ccc(-c2cc(-c3ccc(NC(=O)[C@@H]4CCCN4C(=O)[C@H](O)c4ccccc4Cl)cc3)[nH]n2)cc1)[C@@H]1CCCN1C(=O)[C@H](O)c1ccccc1Cl. The largest absolute Gasteiger partial charge is 0.378 e. The van der Waals surface area contributed by atoms with Crippen LogP contribution in [-0.4, -0.2) is 79.0 Å². The number of carbonyl (C=O) groups excluding carboxylic acids is 4. The molecular formula is C41H38Cl2N6O6. The molecule has 2 aliphatic heterocycles. The minimum Gasteiger partial charge on any atom is -0.378 e. The molecule has 2 fully saturated rings. The molecule has 0 spiro atoms. The number of benzene rings is 4. The molecule has 0 aliphatic carbocycles. The van der Waals surface area contributed by atoms with Crippen LogP contribution in [0.2, 0.25) is 10.0 Å². The van der Waals surface area contributed by atoms with E-state index in [0.29, 0.717) is 67.0 Å². The zero-order chi connectivity index (χ0) is 38.6. The molecule has 282 valence electrons. The van der Waals surface area contributed by atoms with Gasteiger partial charge in [-0.1, -0.05) is 83.9 Å². The number of aromatic nitrogens is 2. The number of rotatable bonds is 10.